The highest BCUT2D eigenvalue weighted by molar-refractivity contribution is 7.19. The van der Waals surface area contributed by atoms with Crippen LogP contribution >= 0.6 is 11.3 Å². The largest absolute Gasteiger partial charge is 0.472 e. The fraction of sp³-hybridized carbons (Fsp3) is 0.182. The van der Waals surface area contributed by atoms with Gasteiger partial charge in [0.15, 0.2) is 0 Å². The quantitative estimate of drug-likeness (QED) is 0.490. The Morgan fingerprint density at radius 2 is 2.10 bits per heavy atom. The Hall–Kier alpha value is -3.16. The van der Waals surface area contributed by atoms with Gasteiger partial charge in [-0.15, -0.1) is 11.3 Å². The Labute approximate surface area is 173 Å². The van der Waals surface area contributed by atoms with Crippen molar-refractivity contribution in [2.24, 2.45) is 12.8 Å². The number of rotatable bonds is 7. The average molecular weight is 407 g/mol. The van der Waals surface area contributed by atoms with Gasteiger partial charge in [0.1, 0.15) is 0 Å². The van der Waals surface area contributed by atoms with Crippen LogP contribution in [0.2, 0.25) is 0 Å². The number of aryl methyl sites for hydroxylation is 1. The van der Waals surface area contributed by atoms with Crippen LogP contribution in [0.1, 0.15) is 15.9 Å². The number of furan rings is 1. The fourth-order valence-corrected chi connectivity index (χ4v) is 4.46. The second kappa shape index (κ2) is 8.46. The Balaban J connectivity index is 1.63. The average Bonchev–Trinajstić information content (AvgIpc) is 3.48. The van der Waals surface area contributed by atoms with Crippen molar-refractivity contribution in [3.8, 4) is 21.0 Å². The van der Waals surface area contributed by atoms with Gasteiger partial charge in [0.05, 0.1) is 33.5 Å². The van der Waals surface area contributed by atoms with E-state index < -0.39 is 0 Å². The van der Waals surface area contributed by atoms with Gasteiger partial charge in [0, 0.05) is 31.4 Å². The third kappa shape index (κ3) is 4.16. The van der Waals surface area contributed by atoms with Crippen LogP contribution in [0.15, 0.2) is 71.7 Å². The lowest BCUT2D eigenvalue weighted by Gasteiger charge is -2.17. The Morgan fingerprint density at radius 3 is 2.76 bits per heavy atom. The summed E-state index contributed by atoms with van der Waals surface area (Å²) >= 11 is 1.54. The summed E-state index contributed by atoms with van der Waals surface area (Å²) in [6.45, 7) is 0.362. The molecular weight excluding hydrogens is 384 g/mol. The zero-order chi connectivity index (χ0) is 20.2. The Kier molecular flexibility index (Phi) is 5.59. The van der Waals surface area contributed by atoms with Crippen molar-refractivity contribution >= 4 is 17.2 Å². The van der Waals surface area contributed by atoms with Gasteiger partial charge in [-0.3, -0.25) is 9.48 Å². The second-order valence-corrected chi connectivity index (χ2v) is 7.85. The van der Waals surface area contributed by atoms with Crippen LogP contribution < -0.4 is 11.1 Å². The van der Waals surface area contributed by atoms with Crippen LogP contribution in [0.3, 0.4) is 0 Å². The van der Waals surface area contributed by atoms with Gasteiger partial charge in [-0.05, 0) is 30.2 Å². The van der Waals surface area contributed by atoms with Gasteiger partial charge in [-0.1, -0.05) is 30.3 Å². The first-order valence-corrected chi connectivity index (χ1v) is 10.2. The van der Waals surface area contributed by atoms with Crippen LogP contribution in [-0.4, -0.2) is 28.3 Å². The molecule has 3 N–H and O–H groups in total. The van der Waals surface area contributed by atoms with Gasteiger partial charge in [-0.2, -0.15) is 5.10 Å². The summed E-state index contributed by atoms with van der Waals surface area (Å²) in [4.78, 5) is 15.0. The van der Waals surface area contributed by atoms with Crippen molar-refractivity contribution in [1.29, 1.82) is 0 Å². The van der Waals surface area contributed by atoms with E-state index in [0.29, 0.717) is 18.5 Å². The summed E-state index contributed by atoms with van der Waals surface area (Å²) in [6.07, 6.45) is 5.69. The minimum atomic E-state index is -0.151. The molecule has 0 saturated heterocycles. The number of carbonyl (C=O) groups excluding carboxylic acids is 1. The first-order valence-electron chi connectivity index (χ1n) is 9.35. The zero-order valence-corrected chi connectivity index (χ0v) is 16.9. The molecule has 0 aliphatic heterocycles. The van der Waals surface area contributed by atoms with E-state index in [1.54, 1.807) is 34.7 Å². The monoisotopic (exact) mass is 406 g/mol. The molecule has 7 heteroatoms. The van der Waals surface area contributed by atoms with E-state index >= 15 is 0 Å². The lowest BCUT2D eigenvalue weighted by Crippen LogP contribution is -2.41. The summed E-state index contributed by atoms with van der Waals surface area (Å²) in [5, 5.41) is 7.33. The van der Waals surface area contributed by atoms with E-state index in [9.17, 15) is 4.79 Å². The molecule has 1 aromatic carbocycles. The molecule has 29 heavy (non-hydrogen) atoms. The van der Waals surface area contributed by atoms with E-state index in [4.69, 9.17) is 10.2 Å². The van der Waals surface area contributed by atoms with Gasteiger partial charge < -0.3 is 15.5 Å². The number of thiophene rings is 1. The van der Waals surface area contributed by atoms with Gasteiger partial charge in [-0.25, -0.2) is 0 Å². The number of nitrogens with two attached hydrogens (primary N) is 1. The molecule has 6 nitrogen and oxygen atoms in total. The smallest absolute Gasteiger partial charge is 0.253 e. The normalized spacial score (nSPS) is 12.1. The number of hydrogen-bond donors (Lipinski definition) is 2. The van der Waals surface area contributed by atoms with Crippen molar-refractivity contribution in [2.75, 3.05) is 6.54 Å². The van der Waals surface area contributed by atoms with Gasteiger partial charge in [0.2, 0.25) is 0 Å². The third-order valence-electron chi connectivity index (χ3n) is 4.78. The summed E-state index contributed by atoms with van der Waals surface area (Å²) in [7, 11) is 1.89. The van der Waals surface area contributed by atoms with E-state index in [1.165, 1.54) is 0 Å². The lowest BCUT2D eigenvalue weighted by atomic mass is 10.0. The number of benzene rings is 1. The highest BCUT2D eigenvalue weighted by Crippen LogP contribution is 2.38. The van der Waals surface area contributed by atoms with Crippen LogP contribution in [0.4, 0.5) is 0 Å². The lowest BCUT2D eigenvalue weighted by molar-refractivity contribution is 0.0939. The molecule has 0 aliphatic carbocycles. The predicted molar refractivity (Wildman–Crippen MR) is 115 cm³/mol. The summed E-state index contributed by atoms with van der Waals surface area (Å²) in [6, 6.07) is 15.6. The number of hydrogen-bond acceptors (Lipinski definition) is 5. The van der Waals surface area contributed by atoms with Crippen LogP contribution in [0.5, 0.6) is 0 Å². The van der Waals surface area contributed by atoms with Crippen LogP contribution in [0, 0.1) is 0 Å². The maximum absolute atomic E-state index is 13.2. The molecule has 0 spiro atoms. The van der Waals surface area contributed by atoms with Crippen molar-refractivity contribution in [2.45, 2.75) is 12.5 Å². The molecule has 0 fully saturated rings. The summed E-state index contributed by atoms with van der Waals surface area (Å²) in [5.74, 6) is -0.141. The van der Waals surface area contributed by atoms with Crippen molar-refractivity contribution in [1.82, 2.24) is 15.1 Å². The summed E-state index contributed by atoms with van der Waals surface area (Å²) < 4.78 is 7.04. The van der Waals surface area contributed by atoms with E-state index in [1.807, 2.05) is 55.6 Å². The Bertz CT molecular complexity index is 1080. The maximum atomic E-state index is 13.2. The SMILES string of the molecule is Cn1nccc1-c1cc(C(=O)NC(CN)Cc2ccccc2)c(-c2ccoc2)s1. The molecule has 4 rings (SSSR count). The molecule has 0 bridgehead atoms. The number of carbonyl (C=O) groups is 1. The van der Waals surface area contributed by atoms with Crippen LogP contribution in [0.25, 0.3) is 21.0 Å². The predicted octanol–water partition coefficient (Wildman–Crippen LogP) is 3.71. The van der Waals surface area contributed by atoms with E-state index in [0.717, 1.165) is 26.6 Å². The molecule has 3 heterocycles. The highest BCUT2D eigenvalue weighted by atomic mass is 32.1. The maximum Gasteiger partial charge on any atom is 0.253 e. The third-order valence-corrected chi connectivity index (χ3v) is 5.98. The number of amides is 1. The first kappa shape index (κ1) is 19.2. The standard InChI is InChI=1S/C22H22N4O2S/c1-26-19(7-9-24-26)20-12-18(21(29-20)16-8-10-28-14-16)22(27)25-17(13-23)11-15-5-3-2-4-6-15/h2-10,12,14,17H,11,13,23H2,1H3,(H,25,27). The molecular formula is C22H22N4O2S. The van der Waals surface area contributed by atoms with E-state index in [2.05, 4.69) is 10.4 Å². The molecule has 3 aromatic heterocycles. The Morgan fingerprint density at radius 1 is 1.28 bits per heavy atom. The van der Waals surface area contributed by atoms with Gasteiger partial charge in [0.25, 0.3) is 5.91 Å². The zero-order valence-electron chi connectivity index (χ0n) is 16.0. The van der Waals surface area contributed by atoms with Crippen molar-refractivity contribution in [3.05, 3.63) is 78.4 Å². The molecule has 0 saturated carbocycles. The molecule has 148 valence electrons. The molecule has 0 radical (unpaired) electrons. The van der Waals surface area contributed by atoms with Crippen LogP contribution in [-0.2, 0) is 13.5 Å². The molecule has 4 aromatic rings. The fourth-order valence-electron chi connectivity index (χ4n) is 3.26. The highest BCUT2D eigenvalue weighted by Gasteiger charge is 2.22. The minimum Gasteiger partial charge on any atom is -0.472 e. The topological polar surface area (TPSA) is 86.1 Å². The van der Waals surface area contributed by atoms with Crippen molar-refractivity contribution < 1.29 is 9.21 Å². The molecule has 1 unspecified atom stereocenters. The summed E-state index contributed by atoms with van der Waals surface area (Å²) in [5.41, 5.74) is 9.52. The molecule has 1 amide bonds. The number of nitrogens with one attached hydrogen (secondary N) is 1. The molecule has 0 aliphatic rings. The van der Waals surface area contributed by atoms with Gasteiger partial charge >= 0.3 is 0 Å². The van der Waals surface area contributed by atoms with E-state index in [-0.39, 0.29) is 11.9 Å². The number of aromatic nitrogens is 2. The first-order chi connectivity index (χ1) is 14.2. The minimum absolute atomic E-state index is 0.141. The number of nitrogens with zero attached hydrogens (tertiary/aromatic N) is 2. The second-order valence-electron chi connectivity index (χ2n) is 6.80. The van der Waals surface area contributed by atoms with Crippen molar-refractivity contribution in [3.63, 3.8) is 0 Å². The molecule has 1 atom stereocenters.